The van der Waals surface area contributed by atoms with Crippen molar-refractivity contribution in [3.63, 3.8) is 0 Å². The zero-order valence-corrected chi connectivity index (χ0v) is 11.5. The maximum absolute atomic E-state index is 11.6. The van der Waals surface area contributed by atoms with Crippen molar-refractivity contribution in [3.05, 3.63) is 11.6 Å². The van der Waals surface area contributed by atoms with E-state index >= 15 is 0 Å². The van der Waals surface area contributed by atoms with Gasteiger partial charge in [0.15, 0.2) is 0 Å². The van der Waals surface area contributed by atoms with Crippen molar-refractivity contribution in [2.24, 2.45) is 5.92 Å². The van der Waals surface area contributed by atoms with Crippen LogP contribution >= 0.6 is 0 Å². The summed E-state index contributed by atoms with van der Waals surface area (Å²) in [5.41, 5.74) is 1.46. The Labute approximate surface area is 115 Å². The molecule has 0 aromatic heterocycles. The summed E-state index contributed by atoms with van der Waals surface area (Å²) in [6.45, 7) is 0.804. The number of allylic oxidation sites excluding steroid dienone is 1. The summed E-state index contributed by atoms with van der Waals surface area (Å²) in [5.74, 6) is 0.112. The molecule has 0 aromatic carbocycles. The zero-order valence-electron chi connectivity index (χ0n) is 11.5. The lowest BCUT2D eigenvalue weighted by molar-refractivity contribution is -0.130. The Morgan fingerprint density at radius 1 is 1.16 bits per heavy atom. The summed E-state index contributed by atoms with van der Waals surface area (Å²) < 4.78 is 0. The van der Waals surface area contributed by atoms with Crippen molar-refractivity contribution in [2.75, 3.05) is 13.1 Å². The van der Waals surface area contributed by atoms with Crippen LogP contribution in [0.25, 0.3) is 0 Å². The van der Waals surface area contributed by atoms with Crippen molar-refractivity contribution in [1.29, 1.82) is 0 Å². The first-order valence-corrected chi connectivity index (χ1v) is 7.48. The number of carbonyl (C=O) groups is 2. The molecule has 2 amide bonds. The number of hydrogen-bond acceptors (Lipinski definition) is 2. The maximum Gasteiger partial charge on any atom is 0.239 e. The lowest BCUT2D eigenvalue weighted by Gasteiger charge is -2.23. The summed E-state index contributed by atoms with van der Waals surface area (Å²) >= 11 is 0. The Balaban J connectivity index is 1.54. The molecule has 0 bridgehead atoms. The van der Waals surface area contributed by atoms with E-state index in [4.69, 9.17) is 0 Å². The van der Waals surface area contributed by atoms with E-state index in [0.717, 1.165) is 25.7 Å². The maximum atomic E-state index is 11.6. The fourth-order valence-electron chi connectivity index (χ4n) is 2.54. The van der Waals surface area contributed by atoms with Gasteiger partial charge < -0.3 is 10.6 Å². The van der Waals surface area contributed by atoms with Gasteiger partial charge in [-0.3, -0.25) is 9.59 Å². The Kier molecular flexibility index (Phi) is 5.43. The SMILES string of the molecule is O=C(CNC(=O)C1CCC1)NCCC1=CCCCC1. The molecular weight excluding hydrogens is 240 g/mol. The highest BCUT2D eigenvalue weighted by molar-refractivity contribution is 5.86. The van der Waals surface area contributed by atoms with Crippen molar-refractivity contribution in [3.8, 4) is 0 Å². The number of carbonyl (C=O) groups excluding carboxylic acids is 2. The van der Waals surface area contributed by atoms with Gasteiger partial charge in [0.05, 0.1) is 6.54 Å². The molecule has 0 heterocycles. The van der Waals surface area contributed by atoms with Crippen molar-refractivity contribution >= 4 is 11.8 Å². The lowest BCUT2D eigenvalue weighted by Crippen LogP contribution is -2.41. The second kappa shape index (κ2) is 7.31. The number of amides is 2. The van der Waals surface area contributed by atoms with E-state index in [1.54, 1.807) is 0 Å². The van der Waals surface area contributed by atoms with Crippen LogP contribution in [0, 0.1) is 5.92 Å². The molecule has 2 rings (SSSR count). The molecule has 2 N–H and O–H groups in total. The third-order valence-electron chi connectivity index (χ3n) is 4.05. The molecule has 19 heavy (non-hydrogen) atoms. The molecule has 0 unspecified atom stereocenters. The Hall–Kier alpha value is -1.32. The fraction of sp³-hybridized carbons (Fsp3) is 0.733. The van der Waals surface area contributed by atoms with Crippen molar-refractivity contribution < 1.29 is 9.59 Å². The van der Waals surface area contributed by atoms with Crippen LogP contribution in [-0.2, 0) is 9.59 Å². The highest BCUT2D eigenvalue weighted by atomic mass is 16.2. The Morgan fingerprint density at radius 3 is 2.63 bits per heavy atom. The van der Waals surface area contributed by atoms with Crippen LogP contribution in [-0.4, -0.2) is 24.9 Å². The van der Waals surface area contributed by atoms with Gasteiger partial charge in [-0.15, -0.1) is 0 Å². The van der Waals surface area contributed by atoms with Gasteiger partial charge in [-0.25, -0.2) is 0 Å². The quantitative estimate of drug-likeness (QED) is 0.720. The Bertz CT molecular complexity index is 359. The highest BCUT2D eigenvalue weighted by Gasteiger charge is 2.25. The predicted octanol–water partition coefficient (Wildman–Crippen LogP) is 1.91. The number of rotatable bonds is 6. The number of nitrogens with one attached hydrogen (secondary N) is 2. The second-order valence-corrected chi connectivity index (χ2v) is 5.55. The summed E-state index contributed by atoms with van der Waals surface area (Å²) in [6.07, 6.45) is 11.3. The molecule has 1 saturated carbocycles. The molecule has 4 nitrogen and oxygen atoms in total. The average molecular weight is 264 g/mol. The minimum absolute atomic E-state index is 0.0383. The molecule has 106 valence electrons. The standard InChI is InChI=1S/C15H24N2O2/c18-14(11-17-15(19)13-7-4-8-13)16-10-9-12-5-2-1-3-6-12/h5,13H,1-4,6-11H2,(H,16,18)(H,17,19). The molecule has 2 aliphatic carbocycles. The van der Waals surface area contributed by atoms with Crippen LogP contribution in [0.4, 0.5) is 0 Å². The molecule has 4 heteroatoms. The summed E-state index contributed by atoms with van der Waals surface area (Å²) in [5, 5.41) is 5.57. The van der Waals surface area contributed by atoms with Crippen molar-refractivity contribution in [2.45, 2.75) is 51.4 Å². The summed E-state index contributed by atoms with van der Waals surface area (Å²) in [6, 6.07) is 0. The summed E-state index contributed by atoms with van der Waals surface area (Å²) in [4.78, 5) is 23.1. The van der Waals surface area contributed by atoms with Crippen molar-refractivity contribution in [1.82, 2.24) is 10.6 Å². The molecule has 0 radical (unpaired) electrons. The minimum Gasteiger partial charge on any atom is -0.354 e. The van der Waals surface area contributed by atoms with Gasteiger partial charge in [0, 0.05) is 12.5 Å². The van der Waals surface area contributed by atoms with E-state index in [0.29, 0.717) is 6.54 Å². The monoisotopic (exact) mass is 264 g/mol. The van der Waals surface area contributed by atoms with Crippen LogP contribution in [0.15, 0.2) is 11.6 Å². The first kappa shape index (κ1) is 14.1. The van der Waals surface area contributed by atoms with Gasteiger partial charge in [0.1, 0.15) is 0 Å². The number of hydrogen-bond donors (Lipinski definition) is 2. The smallest absolute Gasteiger partial charge is 0.239 e. The van der Waals surface area contributed by atoms with E-state index in [-0.39, 0.29) is 24.3 Å². The first-order valence-electron chi connectivity index (χ1n) is 7.48. The van der Waals surface area contributed by atoms with E-state index in [2.05, 4.69) is 16.7 Å². The third-order valence-corrected chi connectivity index (χ3v) is 4.05. The first-order chi connectivity index (χ1) is 9.25. The summed E-state index contributed by atoms with van der Waals surface area (Å²) in [7, 11) is 0. The molecule has 0 aromatic rings. The molecular formula is C15H24N2O2. The van der Waals surface area contributed by atoms with E-state index in [9.17, 15) is 9.59 Å². The van der Waals surface area contributed by atoms with Gasteiger partial charge in [0.25, 0.3) is 0 Å². The van der Waals surface area contributed by atoms with Crippen LogP contribution in [0.1, 0.15) is 51.4 Å². The van der Waals surface area contributed by atoms with Gasteiger partial charge in [-0.2, -0.15) is 0 Å². The van der Waals surface area contributed by atoms with E-state index < -0.39 is 0 Å². The third kappa shape index (κ3) is 4.69. The normalized spacial score (nSPS) is 19.3. The fourth-order valence-corrected chi connectivity index (χ4v) is 2.54. The molecule has 0 atom stereocenters. The van der Waals surface area contributed by atoms with Gasteiger partial charge in [-0.05, 0) is 44.9 Å². The molecule has 0 aliphatic heterocycles. The van der Waals surface area contributed by atoms with Crippen LogP contribution in [0.3, 0.4) is 0 Å². The minimum atomic E-state index is -0.0796. The molecule has 2 aliphatic rings. The average Bonchev–Trinajstić information content (AvgIpc) is 2.36. The predicted molar refractivity (Wildman–Crippen MR) is 74.5 cm³/mol. The van der Waals surface area contributed by atoms with E-state index in [1.165, 1.54) is 31.3 Å². The highest BCUT2D eigenvalue weighted by Crippen LogP contribution is 2.25. The Morgan fingerprint density at radius 2 is 2.00 bits per heavy atom. The van der Waals surface area contributed by atoms with Crippen LogP contribution in [0.5, 0.6) is 0 Å². The van der Waals surface area contributed by atoms with Gasteiger partial charge in [0.2, 0.25) is 11.8 Å². The molecule has 0 spiro atoms. The largest absolute Gasteiger partial charge is 0.354 e. The van der Waals surface area contributed by atoms with Crippen LogP contribution < -0.4 is 10.6 Å². The zero-order chi connectivity index (χ0) is 13.5. The van der Waals surface area contributed by atoms with Gasteiger partial charge >= 0.3 is 0 Å². The van der Waals surface area contributed by atoms with Gasteiger partial charge in [-0.1, -0.05) is 18.1 Å². The molecule has 1 fully saturated rings. The lowest BCUT2D eigenvalue weighted by atomic mass is 9.85. The second-order valence-electron chi connectivity index (χ2n) is 5.55. The topological polar surface area (TPSA) is 58.2 Å². The van der Waals surface area contributed by atoms with Crippen LogP contribution in [0.2, 0.25) is 0 Å². The molecule has 0 saturated heterocycles. The van der Waals surface area contributed by atoms with E-state index in [1.807, 2.05) is 0 Å².